The van der Waals surface area contributed by atoms with Crippen molar-refractivity contribution in [1.82, 2.24) is 10.1 Å². The Kier molecular flexibility index (Phi) is 5.28. The second-order valence-corrected chi connectivity index (χ2v) is 5.83. The molecule has 92 valence electrons. The molecule has 1 aromatic heterocycles. The van der Waals surface area contributed by atoms with E-state index in [1.807, 2.05) is 18.7 Å². The van der Waals surface area contributed by atoms with Gasteiger partial charge in [0.2, 0.25) is 5.89 Å². The number of aromatic nitrogens is 2. The Bertz CT molecular complexity index is 314. The highest BCUT2D eigenvalue weighted by Gasteiger charge is 2.19. The van der Waals surface area contributed by atoms with Crippen LogP contribution in [0.2, 0.25) is 0 Å². The lowest BCUT2D eigenvalue weighted by Crippen LogP contribution is -2.25. The maximum absolute atomic E-state index is 5.95. The molecule has 5 heteroatoms. The zero-order valence-electron chi connectivity index (χ0n) is 10.4. The van der Waals surface area contributed by atoms with E-state index in [4.69, 9.17) is 10.3 Å². The fraction of sp³-hybridized carbons (Fsp3) is 0.818. The molecule has 2 unspecified atom stereocenters. The van der Waals surface area contributed by atoms with Gasteiger partial charge in [-0.25, -0.2) is 0 Å². The van der Waals surface area contributed by atoms with Crippen LogP contribution in [0.4, 0.5) is 0 Å². The highest BCUT2D eigenvalue weighted by Crippen LogP contribution is 2.20. The van der Waals surface area contributed by atoms with E-state index in [1.54, 1.807) is 0 Å². The van der Waals surface area contributed by atoms with Crippen LogP contribution >= 0.6 is 11.8 Å². The Balaban J connectivity index is 2.57. The molecule has 0 fully saturated rings. The average molecular weight is 243 g/mol. The summed E-state index contributed by atoms with van der Waals surface area (Å²) in [5.41, 5.74) is 5.95. The largest absolute Gasteiger partial charge is 0.339 e. The van der Waals surface area contributed by atoms with Crippen molar-refractivity contribution >= 4 is 11.8 Å². The minimum Gasteiger partial charge on any atom is -0.339 e. The van der Waals surface area contributed by atoms with Crippen molar-refractivity contribution in [3.8, 4) is 0 Å². The van der Waals surface area contributed by atoms with E-state index in [2.05, 4.69) is 30.9 Å². The average Bonchev–Trinajstić information content (AvgIpc) is 2.72. The first-order chi connectivity index (χ1) is 7.54. The van der Waals surface area contributed by atoms with Crippen LogP contribution in [-0.2, 0) is 5.75 Å². The van der Waals surface area contributed by atoms with E-state index in [9.17, 15) is 0 Å². The Morgan fingerprint density at radius 1 is 1.38 bits per heavy atom. The maximum atomic E-state index is 5.95. The summed E-state index contributed by atoms with van der Waals surface area (Å²) in [5, 5.41) is 4.54. The molecule has 2 N–H and O–H groups in total. The monoisotopic (exact) mass is 243 g/mol. The van der Waals surface area contributed by atoms with Crippen molar-refractivity contribution in [1.29, 1.82) is 0 Å². The zero-order chi connectivity index (χ0) is 12.1. The summed E-state index contributed by atoms with van der Waals surface area (Å²) >= 11 is 1.81. The fourth-order valence-corrected chi connectivity index (χ4v) is 1.89. The van der Waals surface area contributed by atoms with Crippen molar-refractivity contribution in [3.05, 3.63) is 11.7 Å². The minimum absolute atomic E-state index is 0.0889. The first kappa shape index (κ1) is 13.5. The number of thioether (sulfide) groups is 1. The molecular weight excluding hydrogens is 222 g/mol. The van der Waals surface area contributed by atoms with E-state index in [0.717, 1.165) is 18.0 Å². The van der Waals surface area contributed by atoms with Gasteiger partial charge in [0, 0.05) is 6.04 Å². The maximum Gasteiger partial charge on any atom is 0.231 e. The number of rotatable bonds is 6. The number of nitrogens with two attached hydrogens (primary N) is 1. The van der Waals surface area contributed by atoms with Crippen LogP contribution in [0.5, 0.6) is 0 Å². The summed E-state index contributed by atoms with van der Waals surface area (Å²) in [6.45, 7) is 8.40. The SMILES string of the molecule is CCC(N)C(C)c1nc(CSC(C)C)no1. The first-order valence-corrected chi connectivity index (χ1v) is 6.79. The lowest BCUT2D eigenvalue weighted by molar-refractivity contribution is 0.337. The van der Waals surface area contributed by atoms with Gasteiger partial charge in [0.25, 0.3) is 0 Å². The van der Waals surface area contributed by atoms with Crippen LogP contribution < -0.4 is 5.73 Å². The molecule has 16 heavy (non-hydrogen) atoms. The third-order valence-electron chi connectivity index (χ3n) is 2.53. The van der Waals surface area contributed by atoms with Gasteiger partial charge in [0.1, 0.15) is 0 Å². The second kappa shape index (κ2) is 6.25. The molecule has 0 saturated carbocycles. The Morgan fingerprint density at radius 3 is 2.62 bits per heavy atom. The predicted molar refractivity (Wildman–Crippen MR) is 67.4 cm³/mol. The Morgan fingerprint density at radius 2 is 2.06 bits per heavy atom. The molecule has 0 aliphatic heterocycles. The molecule has 4 nitrogen and oxygen atoms in total. The molecule has 0 radical (unpaired) electrons. The van der Waals surface area contributed by atoms with Gasteiger partial charge in [-0.15, -0.1) is 0 Å². The van der Waals surface area contributed by atoms with Crippen LogP contribution in [-0.4, -0.2) is 21.4 Å². The van der Waals surface area contributed by atoms with Gasteiger partial charge in [-0.3, -0.25) is 0 Å². The third kappa shape index (κ3) is 3.79. The molecule has 0 amide bonds. The molecule has 1 aromatic rings. The van der Waals surface area contributed by atoms with Gasteiger partial charge >= 0.3 is 0 Å². The van der Waals surface area contributed by atoms with Gasteiger partial charge in [0.05, 0.1) is 11.7 Å². The van der Waals surface area contributed by atoms with E-state index in [1.165, 1.54) is 0 Å². The van der Waals surface area contributed by atoms with Crippen molar-refractivity contribution in [2.75, 3.05) is 0 Å². The summed E-state index contributed by atoms with van der Waals surface area (Å²) in [6.07, 6.45) is 0.916. The van der Waals surface area contributed by atoms with E-state index < -0.39 is 0 Å². The molecule has 2 atom stereocenters. The third-order valence-corrected chi connectivity index (χ3v) is 3.62. The second-order valence-electron chi connectivity index (χ2n) is 4.27. The summed E-state index contributed by atoms with van der Waals surface area (Å²) < 4.78 is 5.23. The van der Waals surface area contributed by atoms with Gasteiger partial charge in [-0.05, 0) is 11.7 Å². The molecule has 1 heterocycles. The highest BCUT2D eigenvalue weighted by atomic mass is 32.2. The molecule has 0 bridgehead atoms. The van der Waals surface area contributed by atoms with Gasteiger partial charge in [-0.2, -0.15) is 16.7 Å². The molecule has 0 saturated heterocycles. The Hall–Kier alpha value is -0.550. The first-order valence-electron chi connectivity index (χ1n) is 5.74. The predicted octanol–water partition coefficient (Wildman–Crippen LogP) is 2.55. The molecular formula is C11H21N3OS. The molecule has 1 rings (SSSR count). The topological polar surface area (TPSA) is 64.9 Å². The van der Waals surface area contributed by atoms with E-state index >= 15 is 0 Å². The summed E-state index contributed by atoms with van der Waals surface area (Å²) in [5.74, 6) is 2.36. The van der Waals surface area contributed by atoms with Crippen molar-refractivity contribution in [2.45, 2.75) is 57.1 Å². The van der Waals surface area contributed by atoms with Crippen molar-refractivity contribution < 1.29 is 4.52 Å². The summed E-state index contributed by atoms with van der Waals surface area (Å²) in [7, 11) is 0. The molecule has 0 aliphatic carbocycles. The summed E-state index contributed by atoms with van der Waals surface area (Å²) in [6, 6.07) is 0.0889. The normalized spacial score (nSPS) is 15.4. The smallest absolute Gasteiger partial charge is 0.231 e. The van der Waals surface area contributed by atoms with Crippen molar-refractivity contribution in [2.24, 2.45) is 5.73 Å². The quantitative estimate of drug-likeness (QED) is 0.831. The van der Waals surface area contributed by atoms with Gasteiger partial charge in [-0.1, -0.05) is 32.9 Å². The number of hydrogen-bond donors (Lipinski definition) is 1. The van der Waals surface area contributed by atoms with Crippen LogP contribution in [0.25, 0.3) is 0 Å². The standard InChI is InChI=1S/C11H21N3OS/c1-5-9(12)8(4)11-13-10(14-15-11)6-16-7(2)3/h7-9H,5-6,12H2,1-4H3. The fourth-order valence-electron chi connectivity index (χ4n) is 1.29. The van der Waals surface area contributed by atoms with E-state index in [-0.39, 0.29) is 12.0 Å². The van der Waals surface area contributed by atoms with Crippen LogP contribution in [0, 0.1) is 0 Å². The Labute approximate surface area is 101 Å². The highest BCUT2D eigenvalue weighted by molar-refractivity contribution is 7.99. The van der Waals surface area contributed by atoms with E-state index in [0.29, 0.717) is 11.1 Å². The zero-order valence-corrected chi connectivity index (χ0v) is 11.3. The molecule has 0 aromatic carbocycles. The molecule has 0 aliphatic rings. The van der Waals surface area contributed by atoms with Crippen LogP contribution in [0.3, 0.4) is 0 Å². The van der Waals surface area contributed by atoms with Gasteiger partial charge < -0.3 is 10.3 Å². The lowest BCUT2D eigenvalue weighted by Gasteiger charge is -2.13. The lowest BCUT2D eigenvalue weighted by atomic mass is 10.0. The van der Waals surface area contributed by atoms with Crippen LogP contribution in [0.15, 0.2) is 4.52 Å². The van der Waals surface area contributed by atoms with Crippen molar-refractivity contribution in [3.63, 3.8) is 0 Å². The minimum atomic E-state index is 0.0889. The number of nitrogens with zero attached hydrogens (tertiary/aromatic N) is 2. The van der Waals surface area contributed by atoms with Crippen LogP contribution in [0.1, 0.15) is 51.7 Å². The van der Waals surface area contributed by atoms with Gasteiger partial charge in [0.15, 0.2) is 5.82 Å². The summed E-state index contributed by atoms with van der Waals surface area (Å²) in [4.78, 5) is 4.37. The molecule has 0 spiro atoms. The number of hydrogen-bond acceptors (Lipinski definition) is 5.